The highest BCUT2D eigenvalue weighted by molar-refractivity contribution is 5.82. The lowest BCUT2D eigenvalue weighted by Crippen LogP contribution is -2.42. The third-order valence-electron chi connectivity index (χ3n) is 3.35. The van der Waals surface area contributed by atoms with Crippen LogP contribution in [0.1, 0.15) is 12.6 Å². The fraction of sp³-hybridized carbons (Fsp3) is 0.462. The van der Waals surface area contributed by atoms with Gasteiger partial charge < -0.3 is 10.4 Å². The van der Waals surface area contributed by atoms with E-state index in [1.807, 2.05) is 23.1 Å². The largest absolute Gasteiger partial charge is 0.481 e. The summed E-state index contributed by atoms with van der Waals surface area (Å²) in [7, 11) is 0. The molecule has 19 heavy (non-hydrogen) atoms. The molecule has 1 fully saturated rings. The van der Waals surface area contributed by atoms with Crippen molar-refractivity contribution in [2.75, 3.05) is 13.1 Å². The van der Waals surface area contributed by atoms with Gasteiger partial charge in [0.1, 0.15) is 0 Å². The summed E-state index contributed by atoms with van der Waals surface area (Å²) in [5, 5.41) is 11.8. The van der Waals surface area contributed by atoms with Crippen molar-refractivity contribution in [2.24, 2.45) is 5.92 Å². The number of nitrogens with zero attached hydrogens (tertiary/aromatic N) is 2. The minimum atomic E-state index is -0.888. The standard InChI is InChI=1S/C13H17N3O3/c1-9-12(17)15-6-10(13(18)19)7-16(9)8-11-4-2-3-5-14-11/h2-5,9-10H,6-8H2,1H3,(H,15,17)(H,18,19). The van der Waals surface area contributed by atoms with Crippen LogP contribution >= 0.6 is 0 Å². The lowest BCUT2D eigenvalue weighted by atomic mass is 10.1. The van der Waals surface area contributed by atoms with Crippen molar-refractivity contribution in [3.63, 3.8) is 0 Å². The fourth-order valence-electron chi connectivity index (χ4n) is 2.11. The van der Waals surface area contributed by atoms with Crippen LogP contribution < -0.4 is 5.32 Å². The monoisotopic (exact) mass is 263 g/mol. The van der Waals surface area contributed by atoms with Gasteiger partial charge in [-0.2, -0.15) is 0 Å². The Morgan fingerprint density at radius 2 is 2.37 bits per heavy atom. The Bertz CT molecular complexity index is 463. The normalized spacial score (nSPS) is 24.6. The summed E-state index contributed by atoms with van der Waals surface area (Å²) >= 11 is 0. The van der Waals surface area contributed by atoms with Gasteiger partial charge in [0.15, 0.2) is 0 Å². The van der Waals surface area contributed by atoms with Crippen LogP contribution in [-0.4, -0.2) is 46.0 Å². The van der Waals surface area contributed by atoms with Gasteiger partial charge in [0, 0.05) is 25.8 Å². The summed E-state index contributed by atoms with van der Waals surface area (Å²) < 4.78 is 0. The van der Waals surface area contributed by atoms with Crippen molar-refractivity contribution in [1.29, 1.82) is 0 Å². The van der Waals surface area contributed by atoms with Crippen LogP contribution in [0.15, 0.2) is 24.4 Å². The van der Waals surface area contributed by atoms with E-state index in [1.165, 1.54) is 0 Å². The highest BCUT2D eigenvalue weighted by Crippen LogP contribution is 2.13. The zero-order valence-corrected chi connectivity index (χ0v) is 10.7. The molecular weight excluding hydrogens is 246 g/mol. The average molecular weight is 263 g/mol. The highest BCUT2D eigenvalue weighted by Gasteiger charge is 2.31. The quantitative estimate of drug-likeness (QED) is 0.808. The van der Waals surface area contributed by atoms with Crippen LogP contribution in [0.2, 0.25) is 0 Å². The number of pyridine rings is 1. The van der Waals surface area contributed by atoms with Crippen LogP contribution in [0.4, 0.5) is 0 Å². The second kappa shape index (κ2) is 5.79. The lowest BCUT2D eigenvalue weighted by molar-refractivity contribution is -0.142. The molecule has 102 valence electrons. The van der Waals surface area contributed by atoms with E-state index < -0.39 is 11.9 Å². The van der Waals surface area contributed by atoms with Gasteiger partial charge in [-0.05, 0) is 19.1 Å². The number of carbonyl (C=O) groups excluding carboxylic acids is 1. The minimum absolute atomic E-state index is 0.139. The lowest BCUT2D eigenvalue weighted by Gasteiger charge is -2.26. The first kappa shape index (κ1) is 13.5. The van der Waals surface area contributed by atoms with Gasteiger partial charge in [0.25, 0.3) is 0 Å². The predicted molar refractivity (Wildman–Crippen MR) is 68.2 cm³/mol. The van der Waals surface area contributed by atoms with Gasteiger partial charge in [-0.3, -0.25) is 19.5 Å². The number of hydrogen-bond donors (Lipinski definition) is 2. The Labute approximate surface area is 111 Å². The SMILES string of the molecule is CC1C(=O)NCC(C(=O)O)CN1Cc1ccccn1. The molecule has 2 atom stereocenters. The molecule has 6 heteroatoms. The van der Waals surface area contributed by atoms with Crippen molar-refractivity contribution in [3.05, 3.63) is 30.1 Å². The van der Waals surface area contributed by atoms with Crippen LogP contribution in [0.5, 0.6) is 0 Å². The molecule has 0 spiro atoms. The maximum absolute atomic E-state index is 11.8. The molecule has 0 saturated carbocycles. The molecule has 1 aromatic rings. The van der Waals surface area contributed by atoms with E-state index in [1.54, 1.807) is 13.1 Å². The zero-order valence-electron chi connectivity index (χ0n) is 10.7. The highest BCUT2D eigenvalue weighted by atomic mass is 16.4. The van der Waals surface area contributed by atoms with E-state index in [0.29, 0.717) is 13.1 Å². The van der Waals surface area contributed by atoms with Gasteiger partial charge in [0.05, 0.1) is 17.7 Å². The number of carbonyl (C=O) groups is 2. The Morgan fingerprint density at radius 1 is 1.58 bits per heavy atom. The molecule has 0 radical (unpaired) electrons. The summed E-state index contributed by atoms with van der Waals surface area (Å²) in [6.07, 6.45) is 1.69. The number of carboxylic acid groups (broad SMARTS) is 1. The fourth-order valence-corrected chi connectivity index (χ4v) is 2.11. The summed E-state index contributed by atoms with van der Waals surface area (Å²) in [6.45, 7) is 2.77. The molecule has 1 aliphatic heterocycles. The van der Waals surface area contributed by atoms with Crippen molar-refractivity contribution in [1.82, 2.24) is 15.2 Å². The van der Waals surface area contributed by atoms with E-state index in [2.05, 4.69) is 10.3 Å². The van der Waals surface area contributed by atoms with E-state index in [4.69, 9.17) is 5.11 Å². The van der Waals surface area contributed by atoms with Gasteiger partial charge in [-0.25, -0.2) is 0 Å². The molecule has 2 rings (SSSR count). The second-order valence-electron chi connectivity index (χ2n) is 4.71. The third-order valence-corrected chi connectivity index (χ3v) is 3.35. The van der Waals surface area contributed by atoms with Gasteiger partial charge in [-0.1, -0.05) is 6.07 Å². The molecule has 2 heterocycles. The van der Waals surface area contributed by atoms with E-state index in [-0.39, 0.29) is 18.5 Å². The minimum Gasteiger partial charge on any atom is -0.481 e. The molecule has 2 N–H and O–H groups in total. The summed E-state index contributed by atoms with van der Waals surface area (Å²) in [6, 6.07) is 5.21. The Hall–Kier alpha value is -1.95. The first-order chi connectivity index (χ1) is 9.08. The van der Waals surface area contributed by atoms with Gasteiger partial charge in [-0.15, -0.1) is 0 Å². The number of amides is 1. The Kier molecular flexibility index (Phi) is 4.11. The molecule has 1 aromatic heterocycles. The average Bonchev–Trinajstić information content (AvgIpc) is 2.54. The molecule has 0 aromatic carbocycles. The molecule has 1 aliphatic rings. The Balaban J connectivity index is 2.14. The number of aliphatic carboxylic acids is 1. The van der Waals surface area contributed by atoms with Crippen molar-refractivity contribution >= 4 is 11.9 Å². The van der Waals surface area contributed by atoms with Crippen LogP contribution in [0.3, 0.4) is 0 Å². The zero-order chi connectivity index (χ0) is 13.8. The maximum Gasteiger partial charge on any atom is 0.309 e. The van der Waals surface area contributed by atoms with E-state index in [9.17, 15) is 9.59 Å². The predicted octanol–water partition coefficient (Wildman–Crippen LogP) is 0.103. The van der Waals surface area contributed by atoms with Crippen molar-refractivity contribution < 1.29 is 14.7 Å². The number of aromatic nitrogens is 1. The number of carboxylic acids is 1. The molecule has 6 nitrogen and oxygen atoms in total. The van der Waals surface area contributed by atoms with E-state index >= 15 is 0 Å². The molecule has 1 amide bonds. The first-order valence-corrected chi connectivity index (χ1v) is 6.22. The number of hydrogen-bond acceptors (Lipinski definition) is 4. The summed E-state index contributed by atoms with van der Waals surface area (Å²) in [5.74, 6) is -1.61. The topological polar surface area (TPSA) is 82.5 Å². The summed E-state index contributed by atoms with van der Waals surface area (Å²) in [5.41, 5.74) is 0.827. The maximum atomic E-state index is 11.8. The van der Waals surface area contributed by atoms with Crippen LogP contribution in [0.25, 0.3) is 0 Å². The van der Waals surface area contributed by atoms with E-state index in [0.717, 1.165) is 5.69 Å². The smallest absolute Gasteiger partial charge is 0.309 e. The molecular formula is C13H17N3O3. The van der Waals surface area contributed by atoms with Crippen LogP contribution in [-0.2, 0) is 16.1 Å². The van der Waals surface area contributed by atoms with Crippen LogP contribution in [0, 0.1) is 5.92 Å². The van der Waals surface area contributed by atoms with Gasteiger partial charge >= 0.3 is 5.97 Å². The van der Waals surface area contributed by atoms with Gasteiger partial charge in [0.2, 0.25) is 5.91 Å². The first-order valence-electron chi connectivity index (χ1n) is 6.22. The Morgan fingerprint density at radius 3 is 3.00 bits per heavy atom. The molecule has 0 aliphatic carbocycles. The molecule has 0 bridgehead atoms. The second-order valence-corrected chi connectivity index (χ2v) is 4.71. The molecule has 1 saturated heterocycles. The third kappa shape index (κ3) is 3.29. The number of nitrogens with one attached hydrogen (secondary N) is 1. The number of rotatable bonds is 3. The van der Waals surface area contributed by atoms with Crippen molar-refractivity contribution in [2.45, 2.75) is 19.5 Å². The molecule has 2 unspecified atom stereocenters. The van der Waals surface area contributed by atoms with Crippen molar-refractivity contribution in [3.8, 4) is 0 Å². The summed E-state index contributed by atoms with van der Waals surface area (Å²) in [4.78, 5) is 29.0.